The van der Waals surface area contributed by atoms with Crippen molar-refractivity contribution in [2.45, 2.75) is 50.7 Å². The van der Waals surface area contributed by atoms with Gasteiger partial charge in [0.2, 0.25) is 5.91 Å². The fraction of sp³-hybridized carbons (Fsp3) is 0.320. The van der Waals surface area contributed by atoms with E-state index in [0.717, 1.165) is 31.2 Å². The Hall–Kier alpha value is -2.43. The molecule has 1 amide bonds. The van der Waals surface area contributed by atoms with E-state index in [0.29, 0.717) is 6.04 Å². The molecule has 0 radical (unpaired) electrons. The van der Waals surface area contributed by atoms with E-state index in [-0.39, 0.29) is 18.0 Å². The summed E-state index contributed by atoms with van der Waals surface area (Å²) in [5.41, 5.74) is 3.54. The second-order valence-corrected chi connectivity index (χ2v) is 8.71. The highest BCUT2D eigenvalue weighted by Gasteiger charge is 2.30. The number of hydrogen-bond acceptors (Lipinski definition) is 3. The van der Waals surface area contributed by atoms with Crippen molar-refractivity contribution in [2.24, 2.45) is 0 Å². The van der Waals surface area contributed by atoms with Gasteiger partial charge in [-0.05, 0) is 47.4 Å². The number of carbonyl (C=O) groups excluding carboxylic acids is 1. The predicted octanol–water partition coefficient (Wildman–Crippen LogP) is 5.40. The van der Waals surface area contributed by atoms with Crippen molar-refractivity contribution < 1.29 is 4.79 Å². The number of carbonyl (C=O) groups is 1. The molecule has 0 unspecified atom stereocenters. The lowest BCUT2D eigenvalue weighted by Crippen LogP contribution is -2.40. The summed E-state index contributed by atoms with van der Waals surface area (Å²) in [6.45, 7) is 2.20. The van der Waals surface area contributed by atoms with Gasteiger partial charge in [-0.2, -0.15) is 0 Å². The molecular formula is C25H28N2OS. The molecular weight excluding hydrogens is 376 g/mol. The molecule has 1 aliphatic carbocycles. The lowest BCUT2D eigenvalue weighted by Gasteiger charge is -2.26. The summed E-state index contributed by atoms with van der Waals surface area (Å²) in [7, 11) is 0. The molecule has 3 nitrogen and oxygen atoms in total. The summed E-state index contributed by atoms with van der Waals surface area (Å²) in [6, 6.07) is 23.0. The minimum absolute atomic E-state index is 0.0270. The first-order valence-electron chi connectivity index (χ1n) is 10.5. The lowest BCUT2D eigenvalue weighted by atomic mass is 9.98. The minimum Gasteiger partial charge on any atom is -0.352 e. The third-order valence-corrected chi connectivity index (χ3v) is 6.27. The van der Waals surface area contributed by atoms with Gasteiger partial charge in [0.25, 0.3) is 0 Å². The summed E-state index contributed by atoms with van der Waals surface area (Å²) in [5.74, 6) is 0.0582. The zero-order valence-corrected chi connectivity index (χ0v) is 17.6. The molecule has 29 heavy (non-hydrogen) atoms. The van der Waals surface area contributed by atoms with Crippen LogP contribution in [0.4, 0.5) is 0 Å². The maximum atomic E-state index is 13.1. The number of hydrogen-bond donors (Lipinski definition) is 2. The van der Waals surface area contributed by atoms with Crippen molar-refractivity contribution in [3.8, 4) is 0 Å². The first kappa shape index (κ1) is 19.9. The Morgan fingerprint density at radius 2 is 1.76 bits per heavy atom. The van der Waals surface area contributed by atoms with Gasteiger partial charge in [-0.3, -0.25) is 10.1 Å². The molecule has 1 fully saturated rings. The Bertz CT molecular complexity index is 902. The highest BCUT2D eigenvalue weighted by atomic mass is 32.1. The van der Waals surface area contributed by atoms with Gasteiger partial charge in [0, 0.05) is 10.9 Å². The van der Waals surface area contributed by atoms with Gasteiger partial charge in [0.1, 0.15) is 6.04 Å². The summed E-state index contributed by atoms with van der Waals surface area (Å²) in [5, 5.41) is 8.95. The molecule has 1 aromatic heterocycles. The van der Waals surface area contributed by atoms with Gasteiger partial charge in [0.05, 0.1) is 6.04 Å². The van der Waals surface area contributed by atoms with Crippen LogP contribution >= 0.6 is 11.3 Å². The highest BCUT2D eigenvalue weighted by molar-refractivity contribution is 7.10. The lowest BCUT2D eigenvalue weighted by molar-refractivity contribution is -0.123. The molecule has 0 aliphatic heterocycles. The number of rotatable bonds is 9. The standard InChI is InChI=1S/C25H28N2OS/c1-2-7-18-11-13-20(14-12-18)23(22-10-6-17-29-22)27-24(19-8-4-3-5-9-19)25(28)26-21-15-16-21/h3-6,8-14,17,21,23-24,27H,2,7,15-16H2,1H3,(H,26,28)/t23-,24-/m0/s1. The zero-order valence-electron chi connectivity index (χ0n) is 16.8. The van der Waals surface area contributed by atoms with Crippen LogP contribution in [0.1, 0.15) is 59.8 Å². The highest BCUT2D eigenvalue weighted by Crippen LogP contribution is 2.30. The van der Waals surface area contributed by atoms with Crippen molar-refractivity contribution in [3.05, 3.63) is 93.7 Å². The van der Waals surface area contributed by atoms with Crippen LogP contribution < -0.4 is 10.6 Å². The molecule has 0 spiro atoms. The second-order valence-electron chi connectivity index (χ2n) is 7.73. The van der Waals surface area contributed by atoms with Gasteiger partial charge in [-0.25, -0.2) is 0 Å². The number of amides is 1. The van der Waals surface area contributed by atoms with Gasteiger partial charge in [0.15, 0.2) is 0 Å². The first-order valence-corrected chi connectivity index (χ1v) is 11.4. The molecule has 4 rings (SSSR count). The molecule has 2 aromatic carbocycles. The molecule has 0 bridgehead atoms. The minimum atomic E-state index is -0.390. The predicted molar refractivity (Wildman–Crippen MR) is 120 cm³/mol. The summed E-state index contributed by atoms with van der Waals surface area (Å²) < 4.78 is 0. The Labute approximate surface area is 177 Å². The Kier molecular flexibility index (Phi) is 6.43. The van der Waals surface area contributed by atoms with Crippen molar-refractivity contribution in [1.29, 1.82) is 0 Å². The molecule has 0 saturated heterocycles. The van der Waals surface area contributed by atoms with Crippen LogP contribution in [0.5, 0.6) is 0 Å². The summed E-state index contributed by atoms with van der Waals surface area (Å²) in [6.07, 6.45) is 4.40. The topological polar surface area (TPSA) is 41.1 Å². The number of thiophene rings is 1. The quantitative estimate of drug-likeness (QED) is 0.501. The Balaban J connectivity index is 1.64. The fourth-order valence-electron chi connectivity index (χ4n) is 3.61. The van der Waals surface area contributed by atoms with E-state index in [4.69, 9.17) is 0 Å². The Morgan fingerprint density at radius 1 is 1.00 bits per heavy atom. The molecule has 4 heteroatoms. The number of nitrogens with one attached hydrogen (secondary N) is 2. The summed E-state index contributed by atoms with van der Waals surface area (Å²) in [4.78, 5) is 14.3. The first-order chi connectivity index (χ1) is 14.2. The third kappa shape index (κ3) is 5.14. The molecule has 3 aromatic rings. The van der Waals surface area contributed by atoms with Crippen molar-refractivity contribution in [2.75, 3.05) is 0 Å². The maximum Gasteiger partial charge on any atom is 0.241 e. The SMILES string of the molecule is CCCc1ccc([C@H](N[C@H](C(=O)NC2CC2)c2ccccc2)c2cccs2)cc1. The van der Waals surface area contributed by atoms with Crippen LogP contribution in [0.3, 0.4) is 0 Å². The van der Waals surface area contributed by atoms with Crippen LogP contribution in [0, 0.1) is 0 Å². The van der Waals surface area contributed by atoms with Crippen molar-refractivity contribution in [1.82, 2.24) is 10.6 Å². The van der Waals surface area contributed by atoms with Crippen molar-refractivity contribution in [3.63, 3.8) is 0 Å². The normalized spacial score (nSPS) is 15.6. The summed E-state index contributed by atoms with van der Waals surface area (Å²) >= 11 is 1.72. The zero-order chi connectivity index (χ0) is 20.1. The monoisotopic (exact) mass is 404 g/mol. The second kappa shape index (κ2) is 9.38. The van der Waals surface area contributed by atoms with Crippen LogP contribution in [-0.2, 0) is 11.2 Å². The Morgan fingerprint density at radius 3 is 2.38 bits per heavy atom. The van der Waals surface area contributed by atoms with E-state index < -0.39 is 0 Å². The average Bonchev–Trinajstić information content (AvgIpc) is 3.39. The van der Waals surface area contributed by atoms with Gasteiger partial charge in [-0.15, -0.1) is 11.3 Å². The van der Waals surface area contributed by atoms with E-state index in [9.17, 15) is 4.79 Å². The van der Waals surface area contributed by atoms with Crippen LogP contribution in [0.2, 0.25) is 0 Å². The average molecular weight is 405 g/mol. The molecule has 2 atom stereocenters. The number of benzene rings is 2. The molecule has 1 saturated carbocycles. The van der Waals surface area contributed by atoms with Crippen LogP contribution in [0.25, 0.3) is 0 Å². The molecule has 1 aliphatic rings. The van der Waals surface area contributed by atoms with Gasteiger partial charge >= 0.3 is 0 Å². The van der Waals surface area contributed by atoms with Crippen LogP contribution in [0.15, 0.2) is 72.1 Å². The van der Waals surface area contributed by atoms with Crippen LogP contribution in [-0.4, -0.2) is 11.9 Å². The smallest absolute Gasteiger partial charge is 0.241 e. The molecule has 2 N–H and O–H groups in total. The van der Waals surface area contributed by atoms with Gasteiger partial charge in [-0.1, -0.05) is 74.0 Å². The molecule has 1 heterocycles. The van der Waals surface area contributed by atoms with E-state index in [1.165, 1.54) is 16.0 Å². The van der Waals surface area contributed by atoms with Crippen molar-refractivity contribution >= 4 is 17.2 Å². The van der Waals surface area contributed by atoms with E-state index in [1.807, 2.05) is 30.3 Å². The number of aryl methyl sites for hydroxylation is 1. The largest absolute Gasteiger partial charge is 0.352 e. The van der Waals surface area contributed by atoms with E-state index in [1.54, 1.807) is 11.3 Å². The van der Waals surface area contributed by atoms with E-state index in [2.05, 4.69) is 59.3 Å². The fourth-order valence-corrected chi connectivity index (χ4v) is 4.42. The third-order valence-electron chi connectivity index (χ3n) is 5.33. The van der Waals surface area contributed by atoms with Gasteiger partial charge < -0.3 is 5.32 Å². The van der Waals surface area contributed by atoms with E-state index >= 15 is 0 Å². The molecule has 150 valence electrons. The maximum absolute atomic E-state index is 13.1.